The summed E-state index contributed by atoms with van der Waals surface area (Å²) in [5.74, 6) is 1.20. The molecule has 0 radical (unpaired) electrons. The van der Waals surface area contributed by atoms with Crippen molar-refractivity contribution in [3.8, 4) is 0 Å². The van der Waals surface area contributed by atoms with Gasteiger partial charge in [0.25, 0.3) is 0 Å². The molecule has 5 rings (SSSR count). The van der Waals surface area contributed by atoms with Crippen molar-refractivity contribution < 1.29 is 19.1 Å². The molecule has 2 aliphatic carbocycles. The predicted molar refractivity (Wildman–Crippen MR) is 123 cm³/mol. The number of nitrogens with one attached hydrogen (secondary N) is 1. The van der Waals surface area contributed by atoms with Gasteiger partial charge < -0.3 is 19.4 Å². The second-order valence-corrected chi connectivity index (χ2v) is 10.5. The minimum atomic E-state index is -0.347. The number of amides is 1. The van der Waals surface area contributed by atoms with Crippen molar-refractivity contribution in [1.29, 1.82) is 0 Å². The third-order valence-electron chi connectivity index (χ3n) is 6.08. The Kier molecular flexibility index (Phi) is 6.52. The summed E-state index contributed by atoms with van der Waals surface area (Å²) in [5.41, 5.74) is 1.59. The third kappa shape index (κ3) is 4.58. The van der Waals surface area contributed by atoms with E-state index >= 15 is 0 Å². The van der Waals surface area contributed by atoms with E-state index in [0.29, 0.717) is 23.1 Å². The lowest BCUT2D eigenvalue weighted by Gasteiger charge is -2.14. The Morgan fingerprint density at radius 3 is 2.88 bits per heavy atom. The topological polar surface area (TPSA) is 95.3 Å². The van der Waals surface area contributed by atoms with Gasteiger partial charge in [-0.25, -0.2) is 4.79 Å². The molecule has 1 unspecified atom stereocenters. The van der Waals surface area contributed by atoms with Crippen molar-refractivity contribution >= 4 is 40.0 Å². The Balaban J connectivity index is 1.26. The second kappa shape index (κ2) is 9.52. The lowest BCUT2D eigenvalue weighted by Crippen LogP contribution is -2.19. The summed E-state index contributed by atoms with van der Waals surface area (Å²) in [5, 5.41) is 13.1. The van der Waals surface area contributed by atoms with Crippen LogP contribution in [0.15, 0.2) is 5.16 Å². The van der Waals surface area contributed by atoms with Crippen molar-refractivity contribution in [3.63, 3.8) is 0 Å². The maximum absolute atomic E-state index is 12.8. The molecule has 32 heavy (non-hydrogen) atoms. The van der Waals surface area contributed by atoms with E-state index in [4.69, 9.17) is 9.47 Å². The minimum Gasteiger partial charge on any atom is -0.462 e. The fourth-order valence-corrected chi connectivity index (χ4v) is 6.47. The van der Waals surface area contributed by atoms with Gasteiger partial charge in [-0.2, -0.15) is 0 Å². The molecule has 8 nitrogen and oxygen atoms in total. The van der Waals surface area contributed by atoms with Crippen LogP contribution >= 0.6 is 23.1 Å². The van der Waals surface area contributed by atoms with Crippen LogP contribution in [-0.2, 0) is 33.7 Å². The zero-order valence-corrected chi connectivity index (χ0v) is 19.9. The molecule has 1 amide bonds. The van der Waals surface area contributed by atoms with Gasteiger partial charge >= 0.3 is 5.97 Å². The molecular weight excluding hydrogens is 448 g/mol. The molecule has 1 N–H and O–H groups in total. The lowest BCUT2D eigenvalue weighted by molar-refractivity contribution is -0.113. The maximum Gasteiger partial charge on any atom is 0.341 e. The number of hydrogen-bond acceptors (Lipinski definition) is 8. The van der Waals surface area contributed by atoms with E-state index in [1.54, 1.807) is 6.92 Å². The second-order valence-electron chi connectivity index (χ2n) is 8.48. The number of aromatic nitrogens is 3. The number of fused-ring (bicyclic) bond motifs is 1. The summed E-state index contributed by atoms with van der Waals surface area (Å²) >= 11 is 2.89. The standard InChI is InChI=1S/C22H28N4O4S2/c1-2-29-21(28)18-15-6-3-7-16(15)32-20(18)23-17(27)12-31-22-25-24-19(13-8-9-13)26(22)11-14-5-4-10-30-14/h13-14H,2-12H2,1H3,(H,23,27). The van der Waals surface area contributed by atoms with E-state index in [1.165, 1.54) is 28.0 Å². The van der Waals surface area contributed by atoms with Gasteiger partial charge in [0.1, 0.15) is 10.8 Å². The first-order valence-corrected chi connectivity index (χ1v) is 13.2. The van der Waals surface area contributed by atoms with Gasteiger partial charge in [-0.1, -0.05) is 11.8 Å². The average Bonchev–Trinajstić information content (AvgIpc) is 3.13. The van der Waals surface area contributed by atoms with Crippen LogP contribution in [-0.4, -0.2) is 51.7 Å². The van der Waals surface area contributed by atoms with Crippen LogP contribution in [0.5, 0.6) is 0 Å². The number of carbonyl (C=O) groups is 2. The van der Waals surface area contributed by atoms with Crippen LogP contribution in [0.4, 0.5) is 5.00 Å². The summed E-state index contributed by atoms with van der Waals surface area (Å²) < 4.78 is 13.2. The smallest absolute Gasteiger partial charge is 0.341 e. The van der Waals surface area contributed by atoms with Gasteiger partial charge in [-0.15, -0.1) is 21.5 Å². The van der Waals surface area contributed by atoms with Crippen LogP contribution in [0.1, 0.15) is 71.6 Å². The third-order valence-corrected chi connectivity index (χ3v) is 8.26. The zero-order chi connectivity index (χ0) is 22.1. The largest absolute Gasteiger partial charge is 0.462 e. The van der Waals surface area contributed by atoms with Gasteiger partial charge in [0, 0.05) is 17.4 Å². The number of carbonyl (C=O) groups excluding carboxylic acids is 2. The first-order chi connectivity index (χ1) is 15.6. The number of nitrogens with zero attached hydrogens (tertiary/aromatic N) is 3. The summed E-state index contributed by atoms with van der Waals surface area (Å²) in [4.78, 5) is 26.5. The molecule has 2 aromatic heterocycles. The fourth-order valence-electron chi connectivity index (χ4n) is 4.42. The number of anilines is 1. The Hall–Kier alpha value is -1.91. The van der Waals surface area contributed by atoms with E-state index in [0.717, 1.165) is 74.6 Å². The molecule has 3 heterocycles. The zero-order valence-electron chi connectivity index (χ0n) is 18.2. The molecule has 1 saturated heterocycles. The van der Waals surface area contributed by atoms with Crippen molar-refractivity contribution in [2.24, 2.45) is 0 Å². The van der Waals surface area contributed by atoms with Gasteiger partial charge in [-0.3, -0.25) is 4.79 Å². The van der Waals surface area contributed by atoms with Crippen molar-refractivity contribution in [2.75, 3.05) is 24.3 Å². The fraction of sp³-hybridized carbons (Fsp3) is 0.636. The Morgan fingerprint density at radius 2 is 2.12 bits per heavy atom. The SMILES string of the molecule is CCOC(=O)c1c(NC(=O)CSc2nnc(C3CC3)n2CC2CCCO2)sc2c1CCC2. The Morgan fingerprint density at radius 1 is 1.25 bits per heavy atom. The van der Waals surface area contributed by atoms with E-state index in [-0.39, 0.29) is 23.7 Å². The monoisotopic (exact) mass is 476 g/mol. The molecule has 2 aromatic rings. The molecular formula is C22H28N4O4S2. The van der Waals surface area contributed by atoms with Crippen LogP contribution in [0.3, 0.4) is 0 Å². The van der Waals surface area contributed by atoms with E-state index < -0.39 is 0 Å². The minimum absolute atomic E-state index is 0.153. The predicted octanol–water partition coefficient (Wildman–Crippen LogP) is 3.79. The van der Waals surface area contributed by atoms with Crippen molar-refractivity contribution in [2.45, 2.75) is 75.6 Å². The summed E-state index contributed by atoms with van der Waals surface area (Å²) in [7, 11) is 0. The number of thioether (sulfide) groups is 1. The van der Waals surface area contributed by atoms with Gasteiger partial charge in [0.2, 0.25) is 5.91 Å². The number of hydrogen-bond donors (Lipinski definition) is 1. The Bertz CT molecular complexity index is 1010. The average molecular weight is 477 g/mol. The first kappa shape index (κ1) is 21.9. The highest BCUT2D eigenvalue weighted by Gasteiger charge is 2.32. The quantitative estimate of drug-likeness (QED) is 0.434. The number of aryl methyl sites for hydroxylation is 1. The molecule has 172 valence electrons. The molecule has 10 heteroatoms. The van der Waals surface area contributed by atoms with Gasteiger partial charge in [-0.05, 0) is 57.4 Å². The molecule has 0 bridgehead atoms. The lowest BCUT2D eigenvalue weighted by atomic mass is 10.1. The maximum atomic E-state index is 12.8. The van der Waals surface area contributed by atoms with Gasteiger partial charge in [0.15, 0.2) is 5.16 Å². The summed E-state index contributed by atoms with van der Waals surface area (Å²) in [6.07, 6.45) is 7.48. The van der Waals surface area contributed by atoms with Crippen LogP contribution in [0.2, 0.25) is 0 Å². The van der Waals surface area contributed by atoms with Crippen molar-refractivity contribution in [1.82, 2.24) is 14.8 Å². The Labute approximate surface area is 195 Å². The highest BCUT2D eigenvalue weighted by Crippen LogP contribution is 2.41. The highest BCUT2D eigenvalue weighted by molar-refractivity contribution is 7.99. The van der Waals surface area contributed by atoms with E-state index in [9.17, 15) is 9.59 Å². The molecule has 1 atom stereocenters. The number of ether oxygens (including phenoxy) is 2. The number of thiophene rings is 1. The summed E-state index contributed by atoms with van der Waals surface area (Å²) in [6, 6.07) is 0. The first-order valence-electron chi connectivity index (χ1n) is 11.4. The van der Waals surface area contributed by atoms with Crippen LogP contribution in [0.25, 0.3) is 0 Å². The highest BCUT2D eigenvalue weighted by atomic mass is 32.2. The number of esters is 1. The van der Waals surface area contributed by atoms with E-state index in [1.807, 2.05) is 0 Å². The molecule has 2 fully saturated rings. The van der Waals surface area contributed by atoms with Gasteiger partial charge in [0.05, 0.1) is 30.6 Å². The molecule has 3 aliphatic rings. The molecule has 0 spiro atoms. The van der Waals surface area contributed by atoms with Crippen LogP contribution in [0, 0.1) is 0 Å². The molecule has 1 aliphatic heterocycles. The van der Waals surface area contributed by atoms with Crippen LogP contribution < -0.4 is 5.32 Å². The molecule has 0 aromatic carbocycles. The van der Waals surface area contributed by atoms with E-state index in [2.05, 4.69) is 20.1 Å². The number of rotatable bonds is 9. The molecule has 1 saturated carbocycles. The normalized spacial score (nSPS) is 19.8. The summed E-state index contributed by atoms with van der Waals surface area (Å²) in [6.45, 7) is 3.66. The van der Waals surface area contributed by atoms with Crippen molar-refractivity contribution in [3.05, 3.63) is 21.8 Å².